The zero-order chi connectivity index (χ0) is 19.3. The molecule has 2 rings (SSSR count). The number of alkyl carbamates (subject to hydrolysis) is 1. The van der Waals surface area contributed by atoms with E-state index in [0.717, 1.165) is 24.1 Å². The molecule has 0 aliphatic heterocycles. The first kappa shape index (κ1) is 20.3. The summed E-state index contributed by atoms with van der Waals surface area (Å²) in [6, 6.07) is 16.4. The summed E-state index contributed by atoms with van der Waals surface area (Å²) >= 11 is 0. The highest BCUT2D eigenvalue weighted by Crippen LogP contribution is 2.13. The van der Waals surface area contributed by atoms with Crippen LogP contribution in [-0.2, 0) is 22.7 Å². The molecule has 0 unspecified atom stereocenters. The lowest BCUT2D eigenvalue weighted by Gasteiger charge is -2.12. The van der Waals surface area contributed by atoms with Crippen LogP contribution in [0.15, 0.2) is 54.6 Å². The van der Waals surface area contributed by atoms with Crippen LogP contribution in [0.4, 0.5) is 15.3 Å². The van der Waals surface area contributed by atoms with Crippen molar-refractivity contribution in [3.05, 3.63) is 65.7 Å². The summed E-state index contributed by atoms with van der Waals surface area (Å²) in [4.78, 5) is 23.6. The molecular formula is C20H25N3O4. The molecular weight excluding hydrogens is 346 g/mol. The van der Waals surface area contributed by atoms with Gasteiger partial charge in [0.25, 0.3) is 0 Å². The van der Waals surface area contributed by atoms with Gasteiger partial charge in [0.2, 0.25) is 0 Å². The molecule has 2 aromatic rings. The number of hydrogen-bond acceptors (Lipinski definition) is 5. The van der Waals surface area contributed by atoms with Gasteiger partial charge in [-0.2, -0.15) is 0 Å². The van der Waals surface area contributed by atoms with Crippen molar-refractivity contribution in [2.45, 2.75) is 19.6 Å². The lowest BCUT2D eigenvalue weighted by atomic mass is 10.1. The number of benzene rings is 2. The van der Waals surface area contributed by atoms with Crippen molar-refractivity contribution >= 4 is 17.9 Å². The van der Waals surface area contributed by atoms with E-state index in [1.54, 1.807) is 12.1 Å². The average molecular weight is 371 g/mol. The molecule has 144 valence electrons. The van der Waals surface area contributed by atoms with Crippen LogP contribution >= 0.6 is 0 Å². The van der Waals surface area contributed by atoms with Crippen LogP contribution in [-0.4, -0.2) is 32.3 Å². The quantitative estimate of drug-likeness (QED) is 0.589. The average Bonchev–Trinajstić information content (AvgIpc) is 2.69. The summed E-state index contributed by atoms with van der Waals surface area (Å²) in [5.41, 5.74) is 2.23. The molecule has 0 heterocycles. The second kappa shape index (κ2) is 11.5. The topological polar surface area (TPSA) is 88.7 Å². The van der Waals surface area contributed by atoms with Gasteiger partial charge in [-0.1, -0.05) is 42.5 Å². The highest BCUT2D eigenvalue weighted by Gasteiger charge is 2.09. The number of amides is 2. The number of anilines is 1. The molecule has 0 saturated heterocycles. The molecule has 2 amide bonds. The van der Waals surface area contributed by atoms with Crippen LogP contribution in [0.3, 0.4) is 0 Å². The molecule has 0 aliphatic rings. The van der Waals surface area contributed by atoms with Crippen LogP contribution in [0.2, 0.25) is 0 Å². The summed E-state index contributed by atoms with van der Waals surface area (Å²) in [7, 11) is 1.86. The lowest BCUT2D eigenvalue weighted by molar-refractivity contribution is 0.136. The van der Waals surface area contributed by atoms with Gasteiger partial charge in [0.1, 0.15) is 13.2 Å². The SMILES string of the molecule is CNCCCNC(=O)OCc1ccccc1COC(=O)Nc1ccccc1. The zero-order valence-corrected chi connectivity index (χ0v) is 15.4. The Bertz CT molecular complexity index is 722. The van der Waals surface area contributed by atoms with Crippen LogP contribution in [0.25, 0.3) is 0 Å². The maximum absolute atomic E-state index is 11.9. The van der Waals surface area contributed by atoms with E-state index in [1.807, 2.05) is 49.5 Å². The Labute approximate surface area is 159 Å². The molecule has 0 aromatic heterocycles. The van der Waals surface area contributed by atoms with Crippen LogP contribution in [0.5, 0.6) is 0 Å². The summed E-state index contributed by atoms with van der Waals surface area (Å²) in [6.07, 6.45) is -0.185. The summed E-state index contributed by atoms with van der Waals surface area (Å²) < 4.78 is 10.5. The third kappa shape index (κ3) is 7.79. The highest BCUT2D eigenvalue weighted by atomic mass is 16.6. The monoisotopic (exact) mass is 371 g/mol. The second-order valence-electron chi connectivity index (χ2n) is 5.80. The van der Waals surface area contributed by atoms with Crippen LogP contribution < -0.4 is 16.0 Å². The molecule has 0 fully saturated rings. The Hall–Kier alpha value is -3.06. The van der Waals surface area contributed by atoms with Gasteiger partial charge in [0.15, 0.2) is 0 Å². The lowest BCUT2D eigenvalue weighted by Crippen LogP contribution is -2.27. The van der Waals surface area contributed by atoms with Crippen LogP contribution in [0.1, 0.15) is 17.5 Å². The Balaban J connectivity index is 1.79. The van der Waals surface area contributed by atoms with Crippen molar-refractivity contribution < 1.29 is 19.1 Å². The van der Waals surface area contributed by atoms with Gasteiger partial charge < -0.3 is 20.1 Å². The second-order valence-corrected chi connectivity index (χ2v) is 5.80. The van der Waals surface area contributed by atoms with E-state index in [1.165, 1.54) is 0 Å². The fourth-order valence-electron chi connectivity index (χ4n) is 2.31. The molecule has 0 atom stereocenters. The first-order valence-electron chi connectivity index (χ1n) is 8.80. The number of ether oxygens (including phenoxy) is 2. The van der Waals surface area contributed by atoms with E-state index < -0.39 is 12.2 Å². The number of rotatable bonds is 9. The molecule has 3 N–H and O–H groups in total. The highest BCUT2D eigenvalue weighted by molar-refractivity contribution is 5.84. The molecule has 0 radical (unpaired) electrons. The molecule has 0 saturated carbocycles. The number of carbonyl (C=O) groups is 2. The van der Waals surface area contributed by atoms with Crippen molar-refractivity contribution in [2.75, 3.05) is 25.5 Å². The molecule has 7 heteroatoms. The van der Waals surface area contributed by atoms with E-state index >= 15 is 0 Å². The molecule has 7 nitrogen and oxygen atoms in total. The fraction of sp³-hybridized carbons (Fsp3) is 0.300. The predicted molar refractivity (Wildman–Crippen MR) is 103 cm³/mol. The minimum atomic E-state index is -0.542. The standard InChI is InChI=1S/C20H25N3O4/c1-21-12-7-13-22-19(24)26-14-16-8-5-6-9-17(16)15-27-20(25)23-18-10-3-2-4-11-18/h2-6,8-11,21H,7,12-15H2,1H3,(H,22,24)(H,23,25). The van der Waals surface area contributed by atoms with Crippen LogP contribution in [0, 0.1) is 0 Å². The number of hydrogen-bond donors (Lipinski definition) is 3. The van der Waals surface area contributed by atoms with Crippen molar-refractivity contribution in [3.8, 4) is 0 Å². The summed E-state index contributed by atoms with van der Waals surface area (Å²) in [6.45, 7) is 1.56. The molecule has 0 aliphatic carbocycles. The van der Waals surface area contributed by atoms with Gasteiger partial charge >= 0.3 is 12.2 Å². The van der Waals surface area contributed by atoms with Gasteiger partial charge in [0, 0.05) is 12.2 Å². The molecule has 0 spiro atoms. The van der Waals surface area contributed by atoms with Crippen molar-refractivity contribution in [3.63, 3.8) is 0 Å². The Kier molecular flexibility index (Phi) is 8.65. The first-order valence-corrected chi connectivity index (χ1v) is 8.80. The summed E-state index contributed by atoms with van der Waals surface area (Å²) in [5.74, 6) is 0. The Morgan fingerprint density at radius 2 is 1.41 bits per heavy atom. The normalized spacial score (nSPS) is 10.1. The Morgan fingerprint density at radius 1 is 0.815 bits per heavy atom. The van der Waals surface area contributed by atoms with Gasteiger partial charge in [-0.05, 0) is 43.3 Å². The van der Waals surface area contributed by atoms with Gasteiger partial charge in [0.05, 0.1) is 0 Å². The van der Waals surface area contributed by atoms with Crippen molar-refractivity contribution in [1.82, 2.24) is 10.6 Å². The van der Waals surface area contributed by atoms with E-state index in [4.69, 9.17) is 9.47 Å². The van der Waals surface area contributed by atoms with Crippen molar-refractivity contribution in [2.24, 2.45) is 0 Å². The number of carbonyl (C=O) groups excluding carboxylic acids is 2. The molecule has 2 aromatic carbocycles. The van der Waals surface area contributed by atoms with E-state index in [9.17, 15) is 9.59 Å². The largest absolute Gasteiger partial charge is 0.445 e. The minimum absolute atomic E-state index is 0.0853. The van der Waals surface area contributed by atoms with Crippen molar-refractivity contribution in [1.29, 1.82) is 0 Å². The zero-order valence-electron chi connectivity index (χ0n) is 15.4. The smallest absolute Gasteiger partial charge is 0.411 e. The van der Waals surface area contributed by atoms with Gasteiger partial charge in [-0.3, -0.25) is 5.32 Å². The summed E-state index contributed by atoms with van der Waals surface area (Å²) in [5, 5.41) is 8.35. The number of para-hydroxylation sites is 1. The number of nitrogens with one attached hydrogen (secondary N) is 3. The van der Waals surface area contributed by atoms with E-state index in [0.29, 0.717) is 12.2 Å². The Morgan fingerprint density at radius 3 is 2.04 bits per heavy atom. The predicted octanol–water partition coefficient (Wildman–Crippen LogP) is 3.27. The first-order chi connectivity index (χ1) is 13.2. The fourth-order valence-corrected chi connectivity index (χ4v) is 2.31. The van der Waals surface area contributed by atoms with Gasteiger partial charge in [-0.15, -0.1) is 0 Å². The molecule has 27 heavy (non-hydrogen) atoms. The van der Waals surface area contributed by atoms with E-state index in [-0.39, 0.29) is 13.2 Å². The maximum atomic E-state index is 11.9. The third-order valence-electron chi connectivity index (χ3n) is 3.73. The van der Waals surface area contributed by atoms with Gasteiger partial charge in [-0.25, -0.2) is 9.59 Å². The minimum Gasteiger partial charge on any atom is -0.445 e. The molecule has 0 bridgehead atoms. The maximum Gasteiger partial charge on any atom is 0.411 e. The van der Waals surface area contributed by atoms with E-state index in [2.05, 4.69) is 16.0 Å². The third-order valence-corrected chi connectivity index (χ3v) is 3.73.